The first kappa shape index (κ1) is 29.1. The third-order valence-corrected chi connectivity index (χ3v) is 5.67. The van der Waals surface area contributed by atoms with Gasteiger partial charge in [0.15, 0.2) is 24.8 Å². The van der Waals surface area contributed by atoms with Gasteiger partial charge in [0.05, 0.1) is 12.6 Å². The summed E-state index contributed by atoms with van der Waals surface area (Å²) in [6.07, 6.45) is -17.5. The second-order valence-corrected chi connectivity index (χ2v) is 9.25. The van der Waals surface area contributed by atoms with E-state index in [9.17, 15) is 42.1 Å². The number of carboxylic acids is 1. The first-order chi connectivity index (χ1) is 15.6. The van der Waals surface area contributed by atoms with E-state index in [1.165, 1.54) is 6.92 Å². The summed E-state index contributed by atoms with van der Waals surface area (Å²) in [6.45, 7) is 0.193. The molecule has 2 aliphatic rings. The average Bonchev–Trinajstić information content (AvgIpc) is 2.69. The maximum atomic E-state index is 11.6. The molecule has 2 saturated heterocycles. The molecule has 0 radical (unpaired) electrons. The first-order valence-electron chi connectivity index (χ1n) is 9.43. The van der Waals surface area contributed by atoms with Crippen LogP contribution in [0.2, 0.25) is 0 Å². The zero-order valence-corrected chi connectivity index (χ0v) is 18.9. The molecule has 2 rings (SSSR count). The van der Waals surface area contributed by atoms with Crippen molar-refractivity contribution in [2.24, 2.45) is 5.73 Å². The molecule has 2 fully saturated rings. The third kappa shape index (κ3) is 7.44. The minimum atomic E-state index is -5.30. The largest absolute Gasteiger partial charge is 0.479 e. The SMILES string of the molecule is CCO[C@@H]1C(C(=O)O)O[C@@H](O[C@@H]2C(COS(=O)(=O)O)O[C@@H](O)C(N)[C@H]2O)C(OS(=O)(=O)O)[C@H]1O. The molecule has 0 spiro atoms. The van der Waals surface area contributed by atoms with Crippen LogP contribution in [0.25, 0.3) is 0 Å². The fourth-order valence-electron chi connectivity index (χ4n) is 3.32. The van der Waals surface area contributed by atoms with Crippen LogP contribution >= 0.6 is 0 Å². The molecule has 0 saturated carbocycles. The Morgan fingerprint density at radius 3 is 2.09 bits per heavy atom. The van der Waals surface area contributed by atoms with Crippen molar-refractivity contribution in [1.29, 1.82) is 0 Å². The van der Waals surface area contributed by atoms with Crippen LogP contribution in [0.3, 0.4) is 0 Å². The highest BCUT2D eigenvalue weighted by Crippen LogP contribution is 2.31. The number of hydrogen-bond acceptors (Lipinski definition) is 15. The Morgan fingerprint density at radius 2 is 1.59 bits per heavy atom. The van der Waals surface area contributed by atoms with Gasteiger partial charge in [-0.1, -0.05) is 0 Å². The standard InChI is InChI=1S/C14H25NO17S2/c1-2-27-9-7(17)10(32-34(24,25)26)14(31-11(9)12(18)19)30-8-4(3-28-33(21,22)23)29-13(20)5(15)6(8)16/h4-11,13-14,16-17,20H,2-3,15H2,1H3,(H,18,19)(H,21,22,23)(H,24,25,26)/t4?,5?,6-,7+,8-,9+,10?,11?,13-,14-/m1/s1. The molecule has 0 aliphatic carbocycles. The van der Waals surface area contributed by atoms with Gasteiger partial charge in [0, 0.05) is 6.61 Å². The van der Waals surface area contributed by atoms with Gasteiger partial charge >= 0.3 is 26.8 Å². The third-order valence-electron chi connectivity index (χ3n) is 4.77. The maximum Gasteiger partial charge on any atom is 0.397 e. The van der Waals surface area contributed by atoms with E-state index in [0.29, 0.717) is 0 Å². The molecule has 20 heteroatoms. The number of aliphatic hydroxyl groups excluding tert-OH is 3. The molecule has 10 atom stereocenters. The molecule has 4 unspecified atom stereocenters. The van der Waals surface area contributed by atoms with Crippen molar-refractivity contribution < 1.29 is 78.5 Å². The Labute approximate surface area is 193 Å². The predicted octanol–water partition coefficient (Wildman–Crippen LogP) is -4.64. The number of aliphatic carboxylic acids is 1. The summed E-state index contributed by atoms with van der Waals surface area (Å²) in [7, 11) is -10.3. The molecule has 2 aliphatic heterocycles. The highest BCUT2D eigenvalue weighted by atomic mass is 32.3. The summed E-state index contributed by atoms with van der Waals surface area (Å²) in [6, 6.07) is -1.59. The molecule has 0 bridgehead atoms. The Morgan fingerprint density at radius 1 is 0.971 bits per heavy atom. The van der Waals surface area contributed by atoms with Crippen molar-refractivity contribution in [1.82, 2.24) is 0 Å². The minimum absolute atomic E-state index is 0.157. The van der Waals surface area contributed by atoms with Crippen molar-refractivity contribution in [2.75, 3.05) is 13.2 Å². The van der Waals surface area contributed by atoms with E-state index in [2.05, 4.69) is 8.37 Å². The van der Waals surface area contributed by atoms with Gasteiger partial charge in [-0.15, -0.1) is 0 Å². The number of hydrogen-bond donors (Lipinski definition) is 7. The smallest absolute Gasteiger partial charge is 0.397 e. The summed E-state index contributed by atoms with van der Waals surface area (Å²) in [5, 5.41) is 40.2. The van der Waals surface area contributed by atoms with Gasteiger partial charge in [0.25, 0.3) is 0 Å². The Balaban J connectivity index is 2.40. The lowest BCUT2D eigenvalue weighted by atomic mass is 9.96. The highest BCUT2D eigenvalue weighted by Gasteiger charge is 2.54. The lowest BCUT2D eigenvalue weighted by molar-refractivity contribution is -0.338. The lowest BCUT2D eigenvalue weighted by Gasteiger charge is -2.46. The summed E-state index contributed by atoms with van der Waals surface area (Å²) < 4.78 is 91.4. The van der Waals surface area contributed by atoms with Crippen LogP contribution in [-0.2, 0) is 52.9 Å². The molecule has 200 valence electrons. The van der Waals surface area contributed by atoms with Gasteiger partial charge < -0.3 is 45.1 Å². The zero-order valence-electron chi connectivity index (χ0n) is 17.3. The topological polar surface area (TPSA) is 288 Å². The first-order valence-corrected chi connectivity index (χ1v) is 12.2. The second-order valence-electron chi connectivity index (χ2n) is 7.11. The second kappa shape index (κ2) is 11.3. The van der Waals surface area contributed by atoms with Crippen molar-refractivity contribution in [2.45, 2.75) is 68.3 Å². The Kier molecular flexibility index (Phi) is 9.68. The van der Waals surface area contributed by atoms with Crippen molar-refractivity contribution in [3.63, 3.8) is 0 Å². The number of rotatable bonds is 10. The van der Waals surface area contributed by atoms with Gasteiger partial charge in [-0.05, 0) is 6.92 Å². The normalized spacial score (nSPS) is 39.6. The van der Waals surface area contributed by atoms with Crippen molar-refractivity contribution >= 4 is 26.8 Å². The summed E-state index contributed by atoms with van der Waals surface area (Å²) in [5.74, 6) is -1.68. The summed E-state index contributed by atoms with van der Waals surface area (Å²) >= 11 is 0. The van der Waals surface area contributed by atoms with Crippen LogP contribution in [0.4, 0.5) is 0 Å². The Bertz CT molecular complexity index is 911. The van der Waals surface area contributed by atoms with E-state index >= 15 is 0 Å². The molecule has 0 aromatic carbocycles. The van der Waals surface area contributed by atoms with E-state index in [1.807, 2.05) is 0 Å². The molecule has 34 heavy (non-hydrogen) atoms. The quantitative estimate of drug-likeness (QED) is 0.127. The maximum absolute atomic E-state index is 11.6. The van der Waals surface area contributed by atoms with Gasteiger partial charge in [-0.2, -0.15) is 16.8 Å². The molecule has 18 nitrogen and oxygen atoms in total. The molecular weight excluding hydrogens is 518 g/mol. The molecule has 0 aromatic heterocycles. The fraction of sp³-hybridized carbons (Fsp3) is 0.929. The van der Waals surface area contributed by atoms with Crippen molar-refractivity contribution in [3.05, 3.63) is 0 Å². The number of ether oxygens (including phenoxy) is 4. The molecule has 0 amide bonds. The lowest BCUT2D eigenvalue weighted by Crippen LogP contribution is -2.67. The van der Waals surface area contributed by atoms with Crippen LogP contribution < -0.4 is 5.73 Å². The molecule has 0 aromatic rings. The zero-order chi connectivity index (χ0) is 26.0. The van der Waals surface area contributed by atoms with Crippen LogP contribution in [-0.4, -0.2) is 127 Å². The van der Waals surface area contributed by atoms with E-state index in [4.69, 9.17) is 33.8 Å². The van der Waals surface area contributed by atoms with E-state index < -0.39 is 94.7 Å². The van der Waals surface area contributed by atoms with Crippen molar-refractivity contribution in [3.8, 4) is 0 Å². The van der Waals surface area contributed by atoms with Crippen LogP contribution in [0.15, 0.2) is 0 Å². The number of carboxylic acid groups (broad SMARTS) is 1. The fourth-order valence-corrected chi connectivity index (χ4v) is 4.11. The van der Waals surface area contributed by atoms with Gasteiger partial charge in [0.1, 0.15) is 30.5 Å². The molecule has 8 N–H and O–H groups in total. The monoisotopic (exact) mass is 543 g/mol. The average molecular weight is 543 g/mol. The number of aliphatic hydroxyl groups is 3. The van der Waals surface area contributed by atoms with Crippen LogP contribution in [0, 0.1) is 0 Å². The van der Waals surface area contributed by atoms with Gasteiger partial charge in [-0.25, -0.2) is 13.2 Å². The highest BCUT2D eigenvalue weighted by molar-refractivity contribution is 7.81. The molecule has 2 heterocycles. The van der Waals surface area contributed by atoms with Crippen LogP contribution in [0.1, 0.15) is 6.92 Å². The van der Waals surface area contributed by atoms with Gasteiger partial charge in [-0.3, -0.25) is 9.11 Å². The molecular formula is C14H25NO17S2. The van der Waals surface area contributed by atoms with E-state index in [0.717, 1.165) is 0 Å². The Hall–Kier alpha value is -1.11. The summed E-state index contributed by atoms with van der Waals surface area (Å²) in [5.41, 5.74) is 5.58. The minimum Gasteiger partial charge on any atom is -0.479 e. The van der Waals surface area contributed by atoms with Gasteiger partial charge in [0.2, 0.25) is 0 Å². The van der Waals surface area contributed by atoms with E-state index in [-0.39, 0.29) is 6.61 Å². The number of carbonyl (C=O) groups is 1. The van der Waals surface area contributed by atoms with E-state index in [1.54, 1.807) is 0 Å². The predicted molar refractivity (Wildman–Crippen MR) is 101 cm³/mol. The van der Waals surface area contributed by atoms with Crippen LogP contribution in [0.5, 0.6) is 0 Å². The number of nitrogens with two attached hydrogens (primary N) is 1. The summed E-state index contributed by atoms with van der Waals surface area (Å²) in [4.78, 5) is 11.6.